The van der Waals surface area contributed by atoms with Crippen LogP contribution in [0.25, 0.3) is 0 Å². The minimum absolute atomic E-state index is 0.601. The molecule has 92 valence electrons. The first-order valence-electron chi connectivity index (χ1n) is 5.85. The summed E-state index contributed by atoms with van der Waals surface area (Å²) in [6.07, 6.45) is 7.04. The molecule has 0 bridgehead atoms. The SMILES string of the molecule is C=C(/C=C(/C)C(=C)N)CC1=CC(C)=C(N)CC1. The van der Waals surface area contributed by atoms with E-state index in [2.05, 4.69) is 26.2 Å². The maximum Gasteiger partial charge on any atom is 0.0270 e. The van der Waals surface area contributed by atoms with Crippen LogP contribution >= 0.6 is 0 Å². The van der Waals surface area contributed by atoms with Crippen LogP contribution in [0.1, 0.15) is 33.1 Å². The van der Waals surface area contributed by atoms with Crippen LogP contribution in [0.4, 0.5) is 0 Å². The van der Waals surface area contributed by atoms with Crippen LogP contribution in [0.2, 0.25) is 0 Å². The quantitative estimate of drug-likeness (QED) is 0.728. The lowest BCUT2D eigenvalue weighted by atomic mass is 9.92. The summed E-state index contributed by atoms with van der Waals surface area (Å²) < 4.78 is 0. The maximum atomic E-state index is 5.86. The van der Waals surface area contributed by atoms with Crippen LogP contribution < -0.4 is 11.5 Å². The van der Waals surface area contributed by atoms with Crippen molar-refractivity contribution in [3.63, 3.8) is 0 Å². The van der Waals surface area contributed by atoms with Crippen molar-refractivity contribution >= 4 is 0 Å². The van der Waals surface area contributed by atoms with E-state index in [0.29, 0.717) is 5.70 Å². The minimum atomic E-state index is 0.601. The van der Waals surface area contributed by atoms with E-state index in [-0.39, 0.29) is 0 Å². The molecular formula is C15H22N2. The lowest BCUT2D eigenvalue weighted by molar-refractivity contribution is 0.845. The van der Waals surface area contributed by atoms with E-state index < -0.39 is 0 Å². The Morgan fingerprint density at radius 2 is 2.06 bits per heavy atom. The molecule has 0 aromatic heterocycles. The molecule has 0 unspecified atom stereocenters. The number of allylic oxidation sites excluding steroid dienone is 7. The van der Waals surface area contributed by atoms with Gasteiger partial charge in [-0.3, -0.25) is 0 Å². The molecule has 0 radical (unpaired) electrons. The van der Waals surface area contributed by atoms with Crippen molar-refractivity contribution in [3.8, 4) is 0 Å². The highest BCUT2D eigenvalue weighted by Gasteiger charge is 2.08. The summed E-state index contributed by atoms with van der Waals surface area (Å²) in [5.74, 6) is 0. The second kappa shape index (κ2) is 5.58. The number of hydrogen-bond donors (Lipinski definition) is 2. The van der Waals surface area contributed by atoms with E-state index in [0.717, 1.165) is 36.1 Å². The van der Waals surface area contributed by atoms with Crippen molar-refractivity contribution in [3.05, 3.63) is 59.0 Å². The van der Waals surface area contributed by atoms with Crippen molar-refractivity contribution < 1.29 is 0 Å². The molecule has 2 nitrogen and oxygen atoms in total. The molecular weight excluding hydrogens is 208 g/mol. The highest BCUT2D eigenvalue weighted by molar-refractivity contribution is 5.37. The fourth-order valence-corrected chi connectivity index (χ4v) is 1.84. The van der Waals surface area contributed by atoms with Gasteiger partial charge in [0.2, 0.25) is 0 Å². The minimum Gasteiger partial charge on any atom is -0.402 e. The standard InChI is InChI=1S/C15H22N2/c1-10(7-11(2)13(4)16)8-14-5-6-15(17)12(3)9-14/h7,9H,1,4-6,8,16-17H2,2-3H3/b11-7-. The Bertz CT molecular complexity index is 434. The van der Waals surface area contributed by atoms with Gasteiger partial charge < -0.3 is 11.5 Å². The second-order valence-corrected chi connectivity index (χ2v) is 4.70. The van der Waals surface area contributed by atoms with Crippen LogP contribution in [0.5, 0.6) is 0 Å². The third-order valence-electron chi connectivity index (χ3n) is 3.02. The van der Waals surface area contributed by atoms with Gasteiger partial charge in [0.15, 0.2) is 0 Å². The second-order valence-electron chi connectivity index (χ2n) is 4.70. The van der Waals surface area contributed by atoms with Gasteiger partial charge in [-0.15, -0.1) is 0 Å². The van der Waals surface area contributed by atoms with E-state index in [1.807, 2.05) is 13.0 Å². The van der Waals surface area contributed by atoms with Gasteiger partial charge >= 0.3 is 0 Å². The summed E-state index contributed by atoms with van der Waals surface area (Å²) in [5, 5.41) is 0. The summed E-state index contributed by atoms with van der Waals surface area (Å²) in [7, 11) is 0. The number of nitrogens with two attached hydrogens (primary N) is 2. The third-order valence-corrected chi connectivity index (χ3v) is 3.02. The van der Waals surface area contributed by atoms with Crippen LogP contribution in [0.15, 0.2) is 59.0 Å². The van der Waals surface area contributed by atoms with Gasteiger partial charge in [0, 0.05) is 11.4 Å². The normalized spacial score (nSPS) is 16.8. The summed E-state index contributed by atoms with van der Waals surface area (Å²) in [4.78, 5) is 0. The molecule has 4 N–H and O–H groups in total. The Balaban J connectivity index is 2.69. The molecule has 0 atom stereocenters. The first-order chi connectivity index (χ1) is 7.90. The monoisotopic (exact) mass is 230 g/mol. The van der Waals surface area contributed by atoms with Crippen molar-refractivity contribution in [2.45, 2.75) is 33.1 Å². The highest BCUT2D eigenvalue weighted by atomic mass is 14.6. The predicted molar refractivity (Wildman–Crippen MR) is 75.0 cm³/mol. The summed E-state index contributed by atoms with van der Waals surface area (Å²) in [6, 6.07) is 0. The molecule has 1 rings (SSSR count). The summed E-state index contributed by atoms with van der Waals surface area (Å²) >= 11 is 0. The molecule has 0 saturated heterocycles. The van der Waals surface area contributed by atoms with Crippen molar-refractivity contribution in [2.24, 2.45) is 11.5 Å². The fourth-order valence-electron chi connectivity index (χ4n) is 1.84. The van der Waals surface area contributed by atoms with Crippen molar-refractivity contribution in [1.82, 2.24) is 0 Å². The van der Waals surface area contributed by atoms with Gasteiger partial charge in [-0.1, -0.05) is 36.5 Å². The first kappa shape index (κ1) is 13.4. The Morgan fingerprint density at radius 3 is 2.59 bits per heavy atom. The fraction of sp³-hybridized carbons (Fsp3) is 0.333. The van der Waals surface area contributed by atoms with Gasteiger partial charge in [0.05, 0.1) is 0 Å². The summed E-state index contributed by atoms with van der Waals surface area (Å²) in [5.41, 5.74) is 17.7. The van der Waals surface area contributed by atoms with Gasteiger partial charge in [0.1, 0.15) is 0 Å². The van der Waals surface area contributed by atoms with Crippen LogP contribution in [-0.2, 0) is 0 Å². The molecule has 0 heterocycles. The Labute approximate surface area is 104 Å². The molecule has 0 amide bonds. The van der Waals surface area contributed by atoms with E-state index in [1.54, 1.807) is 0 Å². The van der Waals surface area contributed by atoms with Gasteiger partial charge in [0.25, 0.3) is 0 Å². The lowest BCUT2D eigenvalue weighted by Gasteiger charge is -2.15. The average Bonchev–Trinajstić information content (AvgIpc) is 2.23. The zero-order chi connectivity index (χ0) is 13.0. The van der Waals surface area contributed by atoms with Gasteiger partial charge in [-0.2, -0.15) is 0 Å². The molecule has 1 aliphatic rings. The van der Waals surface area contributed by atoms with E-state index in [1.165, 1.54) is 11.1 Å². The first-order valence-corrected chi connectivity index (χ1v) is 5.85. The zero-order valence-corrected chi connectivity index (χ0v) is 10.8. The lowest BCUT2D eigenvalue weighted by Crippen LogP contribution is -2.05. The largest absolute Gasteiger partial charge is 0.402 e. The van der Waals surface area contributed by atoms with Crippen molar-refractivity contribution in [1.29, 1.82) is 0 Å². The predicted octanol–water partition coefficient (Wildman–Crippen LogP) is 3.30. The van der Waals surface area contributed by atoms with Crippen molar-refractivity contribution in [2.75, 3.05) is 0 Å². The maximum absolute atomic E-state index is 5.86. The Kier molecular flexibility index (Phi) is 4.38. The molecule has 0 aromatic rings. The topological polar surface area (TPSA) is 52.0 Å². The Morgan fingerprint density at radius 1 is 1.41 bits per heavy atom. The Hall–Kier alpha value is -1.70. The molecule has 2 heteroatoms. The highest BCUT2D eigenvalue weighted by Crippen LogP contribution is 2.25. The molecule has 0 spiro atoms. The van der Waals surface area contributed by atoms with Crippen LogP contribution in [0, 0.1) is 0 Å². The van der Waals surface area contributed by atoms with E-state index in [9.17, 15) is 0 Å². The summed E-state index contributed by atoms with van der Waals surface area (Å²) in [6.45, 7) is 11.8. The number of rotatable bonds is 4. The van der Waals surface area contributed by atoms with E-state index in [4.69, 9.17) is 11.5 Å². The molecule has 1 aliphatic carbocycles. The third kappa shape index (κ3) is 3.99. The van der Waals surface area contributed by atoms with E-state index >= 15 is 0 Å². The smallest absolute Gasteiger partial charge is 0.0270 e. The van der Waals surface area contributed by atoms with Crippen LogP contribution in [-0.4, -0.2) is 0 Å². The molecule has 0 aromatic carbocycles. The van der Waals surface area contributed by atoms with Gasteiger partial charge in [-0.25, -0.2) is 0 Å². The number of hydrogen-bond acceptors (Lipinski definition) is 2. The zero-order valence-electron chi connectivity index (χ0n) is 10.8. The van der Waals surface area contributed by atoms with Crippen LogP contribution in [0.3, 0.4) is 0 Å². The molecule has 0 fully saturated rings. The average molecular weight is 230 g/mol. The molecule has 0 saturated carbocycles. The van der Waals surface area contributed by atoms with Gasteiger partial charge in [-0.05, 0) is 44.3 Å². The molecule has 17 heavy (non-hydrogen) atoms. The molecule has 0 aliphatic heterocycles.